The Hall–Kier alpha value is -3.55. The van der Waals surface area contributed by atoms with Crippen molar-refractivity contribution in [2.45, 2.75) is 13.5 Å². The molecule has 3 aromatic rings. The maximum Gasteiger partial charge on any atom is 0.387 e. The number of hydrogen-bond donors (Lipinski definition) is 2. The number of carbonyl (C=O) groups excluding carboxylic acids is 1. The Balaban J connectivity index is 1.64. The summed E-state index contributed by atoms with van der Waals surface area (Å²) in [7, 11) is 0. The molecule has 138 valence electrons. The number of ether oxygens (including phenoxy) is 1. The number of carbonyl (C=O) groups is 1. The van der Waals surface area contributed by atoms with Gasteiger partial charge in [-0.3, -0.25) is 14.9 Å². The highest BCUT2D eigenvalue weighted by molar-refractivity contribution is 6.02. The van der Waals surface area contributed by atoms with Crippen LogP contribution < -0.4 is 10.1 Å². The van der Waals surface area contributed by atoms with E-state index in [1.54, 1.807) is 30.6 Å². The van der Waals surface area contributed by atoms with Gasteiger partial charge in [0.2, 0.25) is 5.91 Å². The maximum atomic E-state index is 12.1. The largest absolute Gasteiger partial charge is 0.435 e. The first-order valence-corrected chi connectivity index (χ1v) is 8.02. The zero-order valence-corrected chi connectivity index (χ0v) is 14.3. The molecule has 2 aromatic heterocycles. The highest BCUT2D eigenvalue weighted by atomic mass is 19.3. The van der Waals surface area contributed by atoms with Gasteiger partial charge in [0.05, 0.1) is 5.69 Å². The average Bonchev–Trinajstić information content (AvgIpc) is 3.02. The lowest BCUT2D eigenvalue weighted by Crippen LogP contribution is -2.09. The number of nitrogens with zero attached hydrogens (tertiary/aromatic N) is 2. The highest BCUT2D eigenvalue weighted by Gasteiger charge is 2.12. The van der Waals surface area contributed by atoms with E-state index in [2.05, 4.69) is 25.2 Å². The molecule has 0 spiro atoms. The molecule has 0 unspecified atom stereocenters. The van der Waals surface area contributed by atoms with Crippen LogP contribution >= 0.6 is 0 Å². The second-order valence-corrected chi connectivity index (χ2v) is 5.58. The summed E-state index contributed by atoms with van der Waals surface area (Å²) in [6.07, 6.45) is 6.25. The first-order valence-electron chi connectivity index (χ1n) is 8.02. The van der Waals surface area contributed by atoms with E-state index in [1.807, 2.05) is 19.1 Å². The molecule has 0 aliphatic rings. The SMILES string of the molecule is Cc1c(NC(=O)C=Cc2ccc(OC(F)F)cc2)n[nH]c1-c1ccncc1. The molecule has 0 aliphatic heterocycles. The topological polar surface area (TPSA) is 79.9 Å². The van der Waals surface area contributed by atoms with Crippen LogP contribution in [0.5, 0.6) is 5.75 Å². The Labute approximate surface area is 153 Å². The molecule has 0 saturated heterocycles. The number of aromatic nitrogens is 3. The van der Waals surface area contributed by atoms with E-state index in [-0.39, 0.29) is 11.7 Å². The Morgan fingerprint density at radius 2 is 1.89 bits per heavy atom. The molecule has 0 radical (unpaired) electrons. The van der Waals surface area contributed by atoms with E-state index < -0.39 is 6.61 Å². The number of halogens is 2. The minimum Gasteiger partial charge on any atom is -0.435 e. The van der Waals surface area contributed by atoms with Crippen LogP contribution in [0.3, 0.4) is 0 Å². The predicted molar refractivity (Wildman–Crippen MR) is 97.3 cm³/mol. The van der Waals surface area contributed by atoms with Gasteiger partial charge in [0, 0.05) is 29.6 Å². The molecule has 6 nitrogen and oxygen atoms in total. The van der Waals surface area contributed by atoms with Gasteiger partial charge in [0.15, 0.2) is 5.82 Å². The summed E-state index contributed by atoms with van der Waals surface area (Å²) >= 11 is 0. The van der Waals surface area contributed by atoms with Crippen molar-refractivity contribution in [2.24, 2.45) is 0 Å². The number of benzene rings is 1. The van der Waals surface area contributed by atoms with E-state index in [1.165, 1.54) is 18.2 Å². The lowest BCUT2D eigenvalue weighted by molar-refractivity contribution is -0.111. The maximum absolute atomic E-state index is 12.1. The van der Waals surface area contributed by atoms with Crippen molar-refractivity contribution in [2.75, 3.05) is 5.32 Å². The number of nitrogens with one attached hydrogen (secondary N) is 2. The lowest BCUT2D eigenvalue weighted by Gasteiger charge is -2.04. The number of anilines is 1. The van der Waals surface area contributed by atoms with Crippen molar-refractivity contribution in [1.29, 1.82) is 0 Å². The molecule has 0 saturated carbocycles. The number of alkyl halides is 2. The third-order valence-electron chi connectivity index (χ3n) is 3.75. The molecule has 1 aromatic carbocycles. The van der Waals surface area contributed by atoms with Gasteiger partial charge >= 0.3 is 6.61 Å². The fourth-order valence-electron chi connectivity index (χ4n) is 2.41. The summed E-state index contributed by atoms with van der Waals surface area (Å²) in [6, 6.07) is 9.64. The zero-order chi connectivity index (χ0) is 19.2. The smallest absolute Gasteiger partial charge is 0.387 e. The Morgan fingerprint density at radius 1 is 1.19 bits per heavy atom. The zero-order valence-electron chi connectivity index (χ0n) is 14.3. The molecular weight excluding hydrogens is 354 g/mol. The summed E-state index contributed by atoms with van der Waals surface area (Å²) < 4.78 is 28.5. The van der Waals surface area contributed by atoms with Crippen LogP contribution in [0.2, 0.25) is 0 Å². The molecule has 0 fully saturated rings. The minimum absolute atomic E-state index is 0.0578. The Morgan fingerprint density at radius 3 is 2.56 bits per heavy atom. The van der Waals surface area contributed by atoms with E-state index in [9.17, 15) is 13.6 Å². The van der Waals surface area contributed by atoms with Gasteiger partial charge in [-0.25, -0.2) is 0 Å². The quantitative estimate of drug-likeness (QED) is 0.642. The summed E-state index contributed by atoms with van der Waals surface area (Å²) in [6.45, 7) is -1.02. The van der Waals surface area contributed by atoms with Crippen molar-refractivity contribution in [3.8, 4) is 17.0 Å². The molecule has 8 heteroatoms. The van der Waals surface area contributed by atoms with Crippen molar-refractivity contribution in [3.63, 3.8) is 0 Å². The first-order chi connectivity index (χ1) is 13.0. The molecule has 0 aliphatic carbocycles. The predicted octanol–water partition coefficient (Wildman–Crippen LogP) is 4.03. The summed E-state index contributed by atoms with van der Waals surface area (Å²) in [4.78, 5) is 16.1. The van der Waals surface area contributed by atoms with Gasteiger partial charge in [0.25, 0.3) is 0 Å². The van der Waals surface area contributed by atoms with Crippen LogP contribution in [0.25, 0.3) is 17.3 Å². The fraction of sp³-hybridized carbons (Fsp3) is 0.105. The van der Waals surface area contributed by atoms with Gasteiger partial charge < -0.3 is 10.1 Å². The molecule has 2 N–H and O–H groups in total. The van der Waals surface area contributed by atoms with E-state index in [0.717, 1.165) is 16.8 Å². The normalized spacial score (nSPS) is 11.1. The number of pyridine rings is 1. The van der Waals surface area contributed by atoms with Gasteiger partial charge in [-0.15, -0.1) is 0 Å². The lowest BCUT2D eigenvalue weighted by atomic mass is 10.1. The first kappa shape index (κ1) is 18.2. The number of amides is 1. The Bertz CT molecular complexity index is 938. The number of rotatable bonds is 6. The molecular formula is C19H16F2N4O2. The van der Waals surface area contributed by atoms with Crippen molar-refractivity contribution >= 4 is 17.8 Å². The van der Waals surface area contributed by atoms with Crippen molar-refractivity contribution in [3.05, 3.63) is 66.0 Å². The standard InChI is InChI=1S/C19H16F2N4O2/c1-12-17(14-8-10-22-11-9-14)24-25-18(12)23-16(26)7-4-13-2-5-15(6-3-13)27-19(20)21/h2-11,19H,1H3,(H2,23,24,25,26). The Kier molecular flexibility index (Phi) is 5.55. The molecule has 27 heavy (non-hydrogen) atoms. The monoisotopic (exact) mass is 370 g/mol. The molecule has 0 bridgehead atoms. The fourth-order valence-corrected chi connectivity index (χ4v) is 2.41. The molecule has 0 atom stereocenters. The number of H-pyrrole nitrogens is 1. The van der Waals surface area contributed by atoms with Gasteiger partial charge in [0.1, 0.15) is 5.75 Å². The third kappa shape index (κ3) is 4.75. The van der Waals surface area contributed by atoms with E-state index >= 15 is 0 Å². The van der Waals surface area contributed by atoms with Crippen LogP contribution in [-0.4, -0.2) is 27.7 Å². The molecule has 1 amide bonds. The summed E-state index contributed by atoms with van der Waals surface area (Å²) in [5.74, 6) is 0.123. The van der Waals surface area contributed by atoms with Crippen LogP contribution in [0.1, 0.15) is 11.1 Å². The summed E-state index contributed by atoms with van der Waals surface area (Å²) in [5.41, 5.74) is 3.18. The number of hydrogen-bond acceptors (Lipinski definition) is 4. The average molecular weight is 370 g/mol. The second-order valence-electron chi connectivity index (χ2n) is 5.58. The van der Waals surface area contributed by atoms with Crippen LogP contribution in [0.4, 0.5) is 14.6 Å². The van der Waals surface area contributed by atoms with Crippen molar-refractivity contribution < 1.29 is 18.3 Å². The van der Waals surface area contributed by atoms with Crippen LogP contribution in [0, 0.1) is 6.92 Å². The highest BCUT2D eigenvalue weighted by Crippen LogP contribution is 2.25. The molecule has 2 heterocycles. The van der Waals surface area contributed by atoms with Crippen LogP contribution in [-0.2, 0) is 4.79 Å². The van der Waals surface area contributed by atoms with Gasteiger partial charge in [-0.1, -0.05) is 12.1 Å². The summed E-state index contributed by atoms with van der Waals surface area (Å²) in [5, 5.41) is 9.73. The minimum atomic E-state index is -2.87. The van der Waals surface area contributed by atoms with E-state index in [0.29, 0.717) is 11.4 Å². The number of aromatic amines is 1. The van der Waals surface area contributed by atoms with Gasteiger partial charge in [-0.2, -0.15) is 13.9 Å². The second kappa shape index (κ2) is 8.22. The third-order valence-corrected chi connectivity index (χ3v) is 3.75. The van der Waals surface area contributed by atoms with Crippen molar-refractivity contribution in [1.82, 2.24) is 15.2 Å². The van der Waals surface area contributed by atoms with Crippen LogP contribution in [0.15, 0.2) is 54.9 Å². The molecule has 3 rings (SSSR count). The van der Waals surface area contributed by atoms with E-state index in [4.69, 9.17) is 0 Å². The van der Waals surface area contributed by atoms with Gasteiger partial charge in [-0.05, 0) is 42.8 Å².